The van der Waals surface area contributed by atoms with Crippen LogP contribution in [0.1, 0.15) is 113 Å². The van der Waals surface area contributed by atoms with Crippen molar-refractivity contribution < 1.29 is 28.5 Å². The summed E-state index contributed by atoms with van der Waals surface area (Å²) in [5, 5.41) is 11.1. The van der Waals surface area contributed by atoms with Gasteiger partial charge >= 0.3 is 0 Å². The molecule has 0 radical (unpaired) electrons. The van der Waals surface area contributed by atoms with Crippen LogP contribution in [0.25, 0.3) is 0 Å². The molecule has 282 valence electrons. The lowest BCUT2D eigenvalue weighted by atomic mass is 9.62. The Balaban J connectivity index is 1.74. The van der Waals surface area contributed by atoms with Gasteiger partial charge in [-0.05, 0) is 110 Å². The Hall–Kier alpha value is -1.74. The van der Waals surface area contributed by atoms with Crippen LogP contribution in [0.3, 0.4) is 0 Å². The average Bonchev–Trinajstić information content (AvgIpc) is 3.17. The predicted octanol–water partition coefficient (Wildman–Crippen LogP) is 10.6. The number of aliphatic hydroxyl groups excluding tert-OH is 1. The summed E-state index contributed by atoms with van der Waals surface area (Å²) in [7, 11) is -0.340. The van der Waals surface area contributed by atoms with Gasteiger partial charge in [0, 0.05) is 17.9 Å². The summed E-state index contributed by atoms with van der Waals surface area (Å²) in [5.41, 5.74) is 4.78. The molecule has 4 rings (SSSR count). The minimum absolute atomic E-state index is 0.0275. The minimum atomic E-state index is -2.04. The fourth-order valence-electron chi connectivity index (χ4n) is 9.47. The predicted molar refractivity (Wildman–Crippen MR) is 208 cm³/mol. The van der Waals surface area contributed by atoms with Gasteiger partial charge in [-0.15, -0.1) is 0 Å². The molecule has 1 unspecified atom stereocenters. The molecule has 0 amide bonds. The van der Waals surface area contributed by atoms with Crippen molar-refractivity contribution in [2.75, 3.05) is 33.5 Å². The molecule has 2 aliphatic carbocycles. The van der Waals surface area contributed by atoms with E-state index in [0.717, 1.165) is 49.2 Å². The largest absolute Gasteiger partial charge is 0.497 e. The molecule has 1 N–H and O–H groups in total. The molecule has 6 nitrogen and oxygen atoms in total. The SMILES string of the molecule is C/C=C/CCCCC[C@@H]1C=C2C(OCc3ccc(OC)cc3)[C@H](C(CO)=CCC23COC(C)(C)OC3)[C@H]1CCO[Si](C(C)C)(C(C)C)C(C)C. The third kappa shape index (κ3) is 9.43. The topological polar surface area (TPSA) is 66.4 Å². The summed E-state index contributed by atoms with van der Waals surface area (Å²) in [6.07, 6.45) is 16.7. The van der Waals surface area contributed by atoms with E-state index in [9.17, 15) is 5.11 Å². The molecule has 1 aromatic carbocycles. The number of allylic oxidation sites excluding steroid dienone is 4. The first-order chi connectivity index (χ1) is 23.8. The second-order valence-corrected chi connectivity index (χ2v) is 22.1. The van der Waals surface area contributed by atoms with E-state index in [-0.39, 0.29) is 24.0 Å². The Bertz CT molecular complexity index is 1250. The highest BCUT2D eigenvalue weighted by Crippen LogP contribution is 2.54. The number of fused-ring (bicyclic) bond motifs is 3. The standard InChI is InChI=1S/C43H70O6Si/c1-11-12-13-14-15-16-17-35-26-39-41(46-28-34-18-20-37(45-10)21-19-34)40(36(27-44)22-24-43(39)29-47-42(8,9)48-30-43)38(35)23-25-49-50(31(2)3,32(4)5)33(6)7/h11-12,18-22,26,31-33,35,38,40-41,44H,13-17,23-25,27-30H2,1-10H3/b12-11+/t35-,38+,40-,41?/m1/s1. The van der Waals surface area contributed by atoms with Crippen LogP contribution in [-0.2, 0) is 25.2 Å². The van der Waals surface area contributed by atoms with Crippen LogP contribution in [-0.4, -0.2) is 58.9 Å². The maximum atomic E-state index is 11.1. The second-order valence-electron chi connectivity index (χ2n) is 16.6. The summed E-state index contributed by atoms with van der Waals surface area (Å²) in [4.78, 5) is 0. The van der Waals surface area contributed by atoms with Crippen molar-refractivity contribution >= 4 is 8.32 Å². The van der Waals surface area contributed by atoms with Crippen LogP contribution in [0.15, 0.2) is 59.7 Å². The van der Waals surface area contributed by atoms with Crippen molar-refractivity contribution in [3.63, 3.8) is 0 Å². The van der Waals surface area contributed by atoms with Gasteiger partial charge in [0.1, 0.15) is 5.75 Å². The van der Waals surface area contributed by atoms with Crippen molar-refractivity contribution in [2.45, 2.75) is 142 Å². The smallest absolute Gasteiger partial charge is 0.200 e. The first kappa shape index (κ1) is 41.0. The molecule has 0 saturated carbocycles. The number of unbranched alkanes of at least 4 members (excludes halogenated alkanes) is 3. The Morgan fingerprint density at radius 3 is 2.18 bits per heavy atom. The van der Waals surface area contributed by atoms with Crippen molar-refractivity contribution in [1.29, 1.82) is 0 Å². The molecule has 4 atom stereocenters. The van der Waals surface area contributed by atoms with Gasteiger partial charge in [-0.2, -0.15) is 0 Å². The highest BCUT2D eigenvalue weighted by Gasteiger charge is 2.53. The van der Waals surface area contributed by atoms with Gasteiger partial charge in [0.05, 0.1) is 39.6 Å². The van der Waals surface area contributed by atoms with E-state index in [0.29, 0.717) is 48.3 Å². The Morgan fingerprint density at radius 2 is 1.60 bits per heavy atom. The number of ether oxygens (including phenoxy) is 4. The number of hydrogen-bond acceptors (Lipinski definition) is 6. The molecule has 50 heavy (non-hydrogen) atoms. The number of aliphatic hydroxyl groups is 1. The van der Waals surface area contributed by atoms with Gasteiger partial charge < -0.3 is 28.5 Å². The summed E-state index contributed by atoms with van der Waals surface area (Å²) < 4.78 is 32.6. The lowest BCUT2D eigenvalue weighted by molar-refractivity contribution is -0.280. The Kier molecular flexibility index (Phi) is 15.0. The fraction of sp³-hybridized carbons (Fsp3) is 0.721. The van der Waals surface area contributed by atoms with Gasteiger partial charge in [0.15, 0.2) is 14.1 Å². The number of rotatable bonds is 18. The van der Waals surface area contributed by atoms with Crippen LogP contribution in [0.4, 0.5) is 0 Å². The lowest BCUT2D eigenvalue weighted by Crippen LogP contribution is -2.52. The van der Waals surface area contributed by atoms with Gasteiger partial charge in [0.2, 0.25) is 0 Å². The van der Waals surface area contributed by atoms with E-state index in [4.69, 9.17) is 23.4 Å². The molecule has 1 aromatic rings. The van der Waals surface area contributed by atoms with E-state index in [1.54, 1.807) is 7.11 Å². The third-order valence-corrected chi connectivity index (χ3v) is 18.3. The van der Waals surface area contributed by atoms with Gasteiger partial charge in [0.25, 0.3) is 0 Å². The van der Waals surface area contributed by atoms with Crippen molar-refractivity contribution in [2.24, 2.45) is 23.2 Å². The van der Waals surface area contributed by atoms with Crippen molar-refractivity contribution in [1.82, 2.24) is 0 Å². The maximum absolute atomic E-state index is 11.1. The highest BCUT2D eigenvalue weighted by atomic mass is 28.4. The molecule has 1 heterocycles. The first-order valence-electron chi connectivity index (χ1n) is 19.6. The summed E-state index contributed by atoms with van der Waals surface area (Å²) in [6.45, 7) is 22.7. The number of hydrogen-bond donors (Lipinski definition) is 1. The van der Waals surface area contributed by atoms with E-state index in [1.807, 2.05) is 26.0 Å². The third-order valence-electron chi connectivity index (χ3n) is 12.2. The molecule has 0 aromatic heterocycles. The molecule has 1 aliphatic heterocycles. The van der Waals surface area contributed by atoms with E-state index in [1.165, 1.54) is 24.8 Å². The Labute approximate surface area is 306 Å². The second kappa shape index (κ2) is 18.3. The number of methoxy groups -OCH3 is 1. The zero-order valence-electron chi connectivity index (χ0n) is 33.1. The van der Waals surface area contributed by atoms with Gasteiger partial charge in [-0.1, -0.05) is 90.8 Å². The van der Waals surface area contributed by atoms with Crippen LogP contribution in [0.5, 0.6) is 5.75 Å². The molecule has 3 aliphatic rings. The van der Waals surface area contributed by atoms with Crippen molar-refractivity contribution in [3.8, 4) is 5.75 Å². The zero-order valence-corrected chi connectivity index (χ0v) is 34.1. The zero-order chi connectivity index (χ0) is 36.5. The molecule has 1 saturated heterocycles. The number of benzene rings is 1. The minimum Gasteiger partial charge on any atom is -0.497 e. The first-order valence-corrected chi connectivity index (χ1v) is 21.8. The molecule has 1 fully saturated rings. The average molecular weight is 711 g/mol. The monoisotopic (exact) mass is 710 g/mol. The molecular weight excluding hydrogens is 641 g/mol. The van der Waals surface area contributed by atoms with Crippen LogP contribution >= 0.6 is 0 Å². The van der Waals surface area contributed by atoms with Crippen LogP contribution < -0.4 is 4.74 Å². The molecule has 7 heteroatoms. The van der Waals surface area contributed by atoms with E-state index < -0.39 is 14.1 Å². The molecule has 1 spiro atoms. The fourth-order valence-corrected chi connectivity index (χ4v) is 14.9. The van der Waals surface area contributed by atoms with Crippen LogP contribution in [0, 0.1) is 23.2 Å². The summed E-state index contributed by atoms with van der Waals surface area (Å²) >= 11 is 0. The summed E-state index contributed by atoms with van der Waals surface area (Å²) in [6, 6.07) is 8.17. The summed E-state index contributed by atoms with van der Waals surface area (Å²) in [5.74, 6) is 0.917. The van der Waals surface area contributed by atoms with Crippen LogP contribution in [0.2, 0.25) is 16.6 Å². The van der Waals surface area contributed by atoms with Gasteiger partial charge in [-0.25, -0.2) is 0 Å². The van der Waals surface area contributed by atoms with E-state index >= 15 is 0 Å². The lowest BCUT2D eigenvalue weighted by Gasteiger charge is -2.50. The van der Waals surface area contributed by atoms with E-state index in [2.05, 4.69) is 84.9 Å². The highest BCUT2D eigenvalue weighted by molar-refractivity contribution is 6.77. The molecular formula is C43H70O6Si. The van der Waals surface area contributed by atoms with Crippen molar-refractivity contribution in [3.05, 3.63) is 65.3 Å². The van der Waals surface area contributed by atoms with Gasteiger partial charge in [-0.3, -0.25) is 0 Å². The Morgan fingerprint density at radius 1 is 0.940 bits per heavy atom. The quantitative estimate of drug-likeness (QED) is 0.0929. The maximum Gasteiger partial charge on any atom is 0.200 e. The normalized spacial score (nSPS) is 25.0. The molecule has 2 bridgehead atoms.